The molecule has 21 heavy (non-hydrogen) atoms. The number of carboxylic acid groups (broad SMARTS) is 1. The van der Waals surface area contributed by atoms with Gasteiger partial charge in [0.05, 0.1) is 5.56 Å². The summed E-state index contributed by atoms with van der Waals surface area (Å²) in [5.74, 6) is -0.986. The van der Waals surface area contributed by atoms with E-state index in [4.69, 9.17) is 5.11 Å². The van der Waals surface area contributed by atoms with Crippen LogP contribution in [-0.2, 0) is 6.54 Å². The third-order valence-corrected chi connectivity index (χ3v) is 3.38. The van der Waals surface area contributed by atoms with Crippen LogP contribution >= 0.6 is 22.6 Å². The molecular formula is C15H13IN2O3. The van der Waals surface area contributed by atoms with E-state index in [9.17, 15) is 9.59 Å². The lowest BCUT2D eigenvalue weighted by Gasteiger charge is -2.08. The minimum absolute atomic E-state index is 0.201. The Morgan fingerprint density at radius 1 is 1.10 bits per heavy atom. The molecule has 0 spiro atoms. The number of aromatic carboxylic acids is 1. The van der Waals surface area contributed by atoms with Crippen LogP contribution in [0.3, 0.4) is 0 Å². The summed E-state index contributed by atoms with van der Waals surface area (Å²) in [5.41, 5.74) is 1.64. The summed E-state index contributed by atoms with van der Waals surface area (Å²) in [6, 6.07) is 13.6. The lowest BCUT2D eigenvalue weighted by Crippen LogP contribution is -2.28. The van der Waals surface area contributed by atoms with Crippen LogP contribution < -0.4 is 10.6 Å². The molecule has 2 aromatic rings. The lowest BCUT2D eigenvalue weighted by molar-refractivity contribution is 0.0696. The highest BCUT2D eigenvalue weighted by atomic mass is 127. The van der Waals surface area contributed by atoms with Gasteiger partial charge in [-0.15, -0.1) is 0 Å². The third kappa shape index (κ3) is 4.75. The van der Waals surface area contributed by atoms with Crippen molar-refractivity contribution in [1.82, 2.24) is 5.32 Å². The maximum Gasteiger partial charge on any atom is 0.335 e. The Balaban J connectivity index is 1.92. The third-order valence-electron chi connectivity index (χ3n) is 2.71. The van der Waals surface area contributed by atoms with Crippen LogP contribution in [0.2, 0.25) is 0 Å². The lowest BCUT2D eigenvalue weighted by atomic mass is 10.1. The van der Waals surface area contributed by atoms with Gasteiger partial charge >= 0.3 is 12.0 Å². The van der Waals surface area contributed by atoms with Crippen molar-refractivity contribution in [1.29, 1.82) is 0 Å². The van der Waals surface area contributed by atoms with Gasteiger partial charge in [-0.1, -0.05) is 18.2 Å². The smallest absolute Gasteiger partial charge is 0.335 e. The van der Waals surface area contributed by atoms with Gasteiger partial charge in [0.2, 0.25) is 0 Å². The number of amides is 2. The Morgan fingerprint density at radius 2 is 1.86 bits per heavy atom. The van der Waals surface area contributed by atoms with Crippen LogP contribution in [0.1, 0.15) is 15.9 Å². The summed E-state index contributed by atoms with van der Waals surface area (Å²) in [5, 5.41) is 14.3. The van der Waals surface area contributed by atoms with Gasteiger partial charge in [0.15, 0.2) is 0 Å². The Kier molecular flexibility index (Phi) is 5.15. The molecule has 0 saturated carbocycles. The van der Waals surface area contributed by atoms with Crippen molar-refractivity contribution in [2.45, 2.75) is 6.54 Å². The number of rotatable bonds is 4. The van der Waals surface area contributed by atoms with Gasteiger partial charge in [-0.3, -0.25) is 0 Å². The first-order valence-electron chi connectivity index (χ1n) is 6.17. The van der Waals surface area contributed by atoms with Crippen LogP contribution in [0.25, 0.3) is 0 Å². The first kappa shape index (κ1) is 15.3. The van der Waals surface area contributed by atoms with Crippen molar-refractivity contribution in [3.63, 3.8) is 0 Å². The normalized spacial score (nSPS) is 9.95. The summed E-state index contributed by atoms with van der Waals surface area (Å²) in [4.78, 5) is 22.6. The summed E-state index contributed by atoms with van der Waals surface area (Å²) in [6.45, 7) is 0.261. The fourth-order valence-electron chi connectivity index (χ4n) is 1.74. The second-order valence-corrected chi connectivity index (χ2v) is 5.57. The molecule has 0 unspecified atom stereocenters. The van der Waals surface area contributed by atoms with E-state index in [0.29, 0.717) is 5.69 Å². The number of halogens is 1. The second kappa shape index (κ2) is 7.07. The molecule has 0 aliphatic heterocycles. The van der Waals surface area contributed by atoms with Crippen molar-refractivity contribution in [3.05, 3.63) is 63.2 Å². The highest BCUT2D eigenvalue weighted by Crippen LogP contribution is 2.12. The zero-order valence-electron chi connectivity index (χ0n) is 11.0. The van der Waals surface area contributed by atoms with Crippen molar-refractivity contribution in [3.8, 4) is 0 Å². The van der Waals surface area contributed by atoms with Gasteiger partial charge in [-0.2, -0.15) is 0 Å². The fourth-order valence-corrected chi connectivity index (χ4v) is 2.28. The van der Waals surface area contributed by atoms with Gasteiger partial charge in [0, 0.05) is 15.8 Å². The van der Waals surface area contributed by atoms with Gasteiger partial charge in [-0.05, 0) is 58.5 Å². The van der Waals surface area contributed by atoms with Crippen LogP contribution in [0, 0.1) is 3.57 Å². The number of carbonyl (C=O) groups excluding carboxylic acids is 1. The number of hydrogen-bond donors (Lipinski definition) is 3. The maximum absolute atomic E-state index is 11.8. The molecule has 0 aliphatic carbocycles. The molecule has 0 saturated heterocycles. The molecule has 6 heteroatoms. The Hall–Kier alpha value is -2.09. The van der Waals surface area contributed by atoms with E-state index >= 15 is 0 Å². The summed E-state index contributed by atoms with van der Waals surface area (Å²) >= 11 is 2.17. The van der Waals surface area contributed by atoms with Gasteiger partial charge < -0.3 is 15.7 Å². The molecule has 0 heterocycles. The zero-order chi connectivity index (χ0) is 15.2. The Bertz CT molecular complexity index is 673. The van der Waals surface area contributed by atoms with Crippen molar-refractivity contribution in [2.24, 2.45) is 0 Å². The van der Waals surface area contributed by atoms with Crippen molar-refractivity contribution in [2.75, 3.05) is 5.32 Å². The van der Waals surface area contributed by atoms with E-state index in [-0.39, 0.29) is 18.1 Å². The predicted molar refractivity (Wildman–Crippen MR) is 88.4 cm³/mol. The highest BCUT2D eigenvalue weighted by Gasteiger charge is 2.05. The molecule has 5 nitrogen and oxygen atoms in total. The SMILES string of the molecule is O=C(NCc1cccc(C(=O)O)c1)Nc1cccc(I)c1. The largest absolute Gasteiger partial charge is 0.478 e. The van der Waals surface area contributed by atoms with E-state index < -0.39 is 5.97 Å². The summed E-state index contributed by atoms with van der Waals surface area (Å²) in [6.07, 6.45) is 0. The fraction of sp³-hybridized carbons (Fsp3) is 0.0667. The molecule has 2 rings (SSSR count). The predicted octanol–water partition coefficient (Wildman–Crippen LogP) is 3.31. The van der Waals surface area contributed by atoms with E-state index in [1.54, 1.807) is 18.2 Å². The second-order valence-electron chi connectivity index (χ2n) is 4.32. The van der Waals surface area contributed by atoms with Crippen LogP contribution in [0.5, 0.6) is 0 Å². The molecule has 0 atom stereocenters. The topological polar surface area (TPSA) is 78.4 Å². The molecule has 0 fully saturated rings. The number of carboxylic acids is 1. The number of benzene rings is 2. The molecule has 0 aliphatic rings. The Morgan fingerprint density at radius 3 is 2.57 bits per heavy atom. The summed E-state index contributed by atoms with van der Waals surface area (Å²) in [7, 11) is 0. The molecule has 3 N–H and O–H groups in total. The van der Waals surface area contributed by atoms with E-state index in [0.717, 1.165) is 9.13 Å². The zero-order valence-corrected chi connectivity index (χ0v) is 13.1. The summed E-state index contributed by atoms with van der Waals surface area (Å²) < 4.78 is 1.03. The van der Waals surface area contributed by atoms with Crippen LogP contribution in [-0.4, -0.2) is 17.1 Å². The van der Waals surface area contributed by atoms with Gasteiger partial charge in [0.1, 0.15) is 0 Å². The minimum Gasteiger partial charge on any atom is -0.478 e. The quantitative estimate of drug-likeness (QED) is 0.694. The molecular weight excluding hydrogens is 383 g/mol. The Labute approximate surface area is 135 Å². The number of anilines is 1. The van der Waals surface area contributed by atoms with Crippen molar-refractivity contribution >= 4 is 40.3 Å². The van der Waals surface area contributed by atoms with E-state index in [2.05, 4.69) is 33.2 Å². The van der Waals surface area contributed by atoms with E-state index in [1.165, 1.54) is 12.1 Å². The maximum atomic E-state index is 11.8. The monoisotopic (exact) mass is 396 g/mol. The molecule has 0 aromatic heterocycles. The van der Waals surface area contributed by atoms with Crippen LogP contribution in [0.4, 0.5) is 10.5 Å². The first-order valence-corrected chi connectivity index (χ1v) is 7.25. The van der Waals surface area contributed by atoms with Gasteiger partial charge in [-0.25, -0.2) is 9.59 Å². The molecule has 0 bridgehead atoms. The number of urea groups is 1. The highest BCUT2D eigenvalue weighted by molar-refractivity contribution is 14.1. The average molecular weight is 396 g/mol. The standard InChI is InChI=1S/C15H13IN2O3/c16-12-5-2-6-13(8-12)18-15(21)17-9-10-3-1-4-11(7-10)14(19)20/h1-8H,9H2,(H,19,20)(H2,17,18,21). The van der Waals surface area contributed by atoms with Crippen molar-refractivity contribution < 1.29 is 14.7 Å². The molecule has 2 aromatic carbocycles. The minimum atomic E-state index is -0.986. The number of nitrogens with one attached hydrogen (secondary N) is 2. The van der Waals surface area contributed by atoms with Crippen LogP contribution in [0.15, 0.2) is 48.5 Å². The molecule has 2 amide bonds. The first-order chi connectivity index (χ1) is 10.0. The average Bonchev–Trinajstić information content (AvgIpc) is 2.45. The molecule has 0 radical (unpaired) electrons. The number of carbonyl (C=O) groups is 2. The van der Waals surface area contributed by atoms with E-state index in [1.807, 2.05) is 18.2 Å². The van der Waals surface area contributed by atoms with Gasteiger partial charge in [0.25, 0.3) is 0 Å². The molecule has 108 valence electrons. The number of hydrogen-bond acceptors (Lipinski definition) is 2.